The Morgan fingerprint density at radius 3 is 2.08 bits per heavy atom. The molecule has 0 fully saturated rings. The number of halogens is 1. The first-order valence-corrected chi connectivity index (χ1v) is 8.42. The highest BCUT2D eigenvalue weighted by molar-refractivity contribution is 9.10. The number of carbonyl (C=O) groups is 2. The standard InChI is InChI=1S/C16H21BrN4O4/c1-15(2,3)24-13(22)21(14(23)25-16(4,5)6)10-7-11(17)12-19-18-9-20(12)8-10/h7-9H,1-6H3. The predicted octanol–water partition coefficient (Wildman–Crippen LogP) is 4.17. The highest BCUT2D eigenvalue weighted by Crippen LogP contribution is 2.26. The lowest BCUT2D eigenvalue weighted by Crippen LogP contribution is -2.43. The molecule has 0 bridgehead atoms. The number of hydrogen-bond donors (Lipinski definition) is 0. The Labute approximate surface area is 154 Å². The molecular formula is C16H21BrN4O4. The molecule has 0 radical (unpaired) electrons. The third kappa shape index (κ3) is 4.91. The van der Waals surface area contributed by atoms with Crippen molar-refractivity contribution in [2.24, 2.45) is 0 Å². The fourth-order valence-electron chi connectivity index (χ4n) is 1.90. The molecule has 25 heavy (non-hydrogen) atoms. The zero-order valence-electron chi connectivity index (χ0n) is 15.0. The highest BCUT2D eigenvalue weighted by Gasteiger charge is 2.33. The molecule has 0 saturated carbocycles. The molecule has 2 rings (SSSR count). The van der Waals surface area contributed by atoms with Gasteiger partial charge < -0.3 is 9.47 Å². The van der Waals surface area contributed by atoms with Gasteiger partial charge in [0.25, 0.3) is 0 Å². The van der Waals surface area contributed by atoms with Gasteiger partial charge in [0, 0.05) is 6.20 Å². The van der Waals surface area contributed by atoms with E-state index in [0.29, 0.717) is 10.1 Å². The van der Waals surface area contributed by atoms with Gasteiger partial charge in [-0.15, -0.1) is 10.2 Å². The number of fused-ring (bicyclic) bond motifs is 1. The van der Waals surface area contributed by atoms with Crippen molar-refractivity contribution in [2.45, 2.75) is 52.7 Å². The fourth-order valence-corrected chi connectivity index (χ4v) is 2.42. The van der Waals surface area contributed by atoms with Crippen LogP contribution in [0.1, 0.15) is 41.5 Å². The summed E-state index contributed by atoms with van der Waals surface area (Å²) in [6.07, 6.45) is 1.35. The number of nitrogens with zero attached hydrogens (tertiary/aromatic N) is 4. The summed E-state index contributed by atoms with van der Waals surface area (Å²) in [5, 5.41) is 7.75. The summed E-state index contributed by atoms with van der Waals surface area (Å²) in [5.41, 5.74) is -0.718. The smallest absolute Gasteiger partial charge is 0.424 e. The molecular weight excluding hydrogens is 392 g/mol. The largest absolute Gasteiger partial charge is 0.443 e. The lowest BCUT2D eigenvalue weighted by atomic mass is 10.2. The maximum Gasteiger partial charge on any atom is 0.424 e. The van der Waals surface area contributed by atoms with E-state index in [1.165, 1.54) is 6.33 Å². The zero-order valence-corrected chi connectivity index (χ0v) is 16.6. The van der Waals surface area contributed by atoms with Crippen LogP contribution in [0, 0.1) is 0 Å². The Morgan fingerprint density at radius 2 is 1.60 bits per heavy atom. The molecule has 2 aromatic rings. The van der Waals surface area contributed by atoms with Crippen molar-refractivity contribution >= 4 is 39.5 Å². The van der Waals surface area contributed by atoms with Crippen molar-refractivity contribution in [3.63, 3.8) is 0 Å². The van der Waals surface area contributed by atoms with Crippen molar-refractivity contribution < 1.29 is 19.1 Å². The van der Waals surface area contributed by atoms with Gasteiger partial charge in [-0.1, -0.05) is 0 Å². The number of ether oxygens (including phenoxy) is 2. The van der Waals surface area contributed by atoms with Gasteiger partial charge in [-0.25, -0.2) is 9.59 Å². The molecule has 0 aliphatic heterocycles. The Kier molecular flexibility index (Phi) is 5.08. The molecule has 0 aromatic carbocycles. The first-order valence-electron chi connectivity index (χ1n) is 7.62. The second kappa shape index (κ2) is 6.62. The van der Waals surface area contributed by atoms with Crippen LogP contribution in [-0.2, 0) is 9.47 Å². The van der Waals surface area contributed by atoms with Gasteiger partial charge in [0.2, 0.25) is 0 Å². The van der Waals surface area contributed by atoms with E-state index in [1.807, 2.05) is 0 Å². The monoisotopic (exact) mass is 412 g/mol. The summed E-state index contributed by atoms with van der Waals surface area (Å²) in [6.45, 7) is 10.3. The van der Waals surface area contributed by atoms with Crippen LogP contribution in [0.5, 0.6) is 0 Å². The highest BCUT2D eigenvalue weighted by atomic mass is 79.9. The maximum atomic E-state index is 12.6. The molecule has 0 spiro atoms. The second-order valence-corrected chi connectivity index (χ2v) is 8.26. The molecule has 0 aliphatic rings. The topological polar surface area (TPSA) is 86.0 Å². The fraction of sp³-hybridized carbons (Fsp3) is 0.500. The van der Waals surface area contributed by atoms with Gasteiger partial charge >= 0.3 is 12.2 Å². The number of imide groups is 1. The van der Waals surface area contributed by atoms with Crippen LogP contribution >= 0.6 is 15.9 Å². The zero-order chi connectivity index (χ0) is 19.0. The van der Waals surface area contributed by atoms with Gasteiger partial charge in [-0.2, -0.15) is 4.90 Å². The van der Waals surface area contributed by atoms with Crippen LogP contribution in [0.2, 0.25) is 0 Å². The summed E-state index contributed by atoms with van der Waals surface area (Å²) < 4.78 is 12.9. The minimum absolute atomic E-state index is 0.266. The van der Waals surface area contributed by atoms with E-state index >= 15 is 0 Å². The van der Waals surface area contributed by atoms with Crippen LogP contribution in [0.4, 0.5) is 15.3 Å². The third-order valence-electron chi connectivity index (χ3n) is 2.74. The maximum absolute atomic E-state index is 12.6. The summed E-state index contributed by atoms with van der Waals surface area (Å²) in [7, 11) is 0. The van der Waals surface area contributed by atoms with Crippen LogP contribution < -0.4 is 4.90 Å². The quantitative estimate of drug-likeness (QED) is 0.698. The van der Waals surface area contributed by atoms with Crippen LogP contribution in [-0.4, -0.2) is 38.0 Å². The molecule has 136 valence electrons. The van der Waals surface area contributed by atoms with Crippen molar-refractivity contribution in [3.05, 3.63) is 23.1 Å². The molecule has 0 aliphatic carbocycles. The number of aromatic nitrogens is 3. The number of rotatable bonds is 1. The van der Waals surface area contributed by atoms with Gasteiger partial charge in [0.05, 0.1) is 10.2 Å². The molecule has 0 unspecified atom stereocenters. The van der Waals surface area contributed by atoms with E-state index < -0.39 is 23.4 Å². The van der Waals surface area contributed by atoms with Crippen LogP contribution in [0.3, 0.4) is 0 Å². The van der Waals surface area contributed by atoms with Gasteiger partial charge in [-0.05, 0) is 63.5 Å². The lowest BCUT2D eigenvalue weighted by molar-refractivity contribution is 0.0430. The Morgan fingerprint density at radius 1 is 1.08 bits per heavy atom. The number of carbonyl (C=O) groups excluding carboxylic acids is 2. The van der Waals surface area contributed by atoms with Gasteiger partial charge in [0.1, 0.15) is 17.5 Å². The number of pyridine rings is 1. The van der Waals surface area contributed by atoms with E-state index in [9.17, 15) is 9.59 Å². The predicted molar refractivity (Wildman–Crippen MR) is 95.6 cm³/mol. The summed E-state index contributed by atoms with van der Waals surface area (Å²) in [6, 6.07) is 1.58. The summed E-state index contributed by atoms with van der Waals surface area (Å²) in [5.74, 6) is 0. The van der Waals surface area contributed by atoms with E-state index in [-0.39, 0.29) is 5.69 Å². The van der Waals surface area contributed by atoms with E-state index in [2.05, 4.69) is 26.1 Å². The van der Waals surface area contributed by atoms with Crippen LogP contribution in [0.25, 0.3) is 5.65 Å². The molecule has 0 atom stereocenters. The van der Waals surface area contributed by atoms with Crippen molar-refractivity contribution in [3.8, 4) is 0 Å². The van der Waals surface area contributed by atoms with Gasteiger partial charge in [-0.3, -0.25) is 4.40 Å². The average molecular weight is 413 g/mol. The molecule has 0 saturated heterocycles. The van der Waals surface area contributed by atoms with E-state index in [1.54, 1.807) is 58.2 Å². The Balaban J connectivity index is 2.48. The first-order chi connectivity index (χ1) is 11.4. The molecule has 0 N–H and O–H groups in total. The molecule has 2 heterocycles. The van der Waals surface area contributed by atoms with Gasteiger partial charge in [0.15, 0.2) is 5.65 Å². The Hall–Kier alpha value is -2.16. The second-order valence-electron chi connectivity index (χ2n) is 7.40. The minimum Gasteiger partial charge on any atom is -0.443 e. The van der Waals surface area contributed by atoms with Crippen molar-refractivity contribution in [1.82, 2.24) is 14.6 Å². The normalized spacial score (nSPS) is 12.1. The lowest BCUT2D eigenvalue weighted by Gasteiger charge is -2.28. The average Bonchev–Trinajstić information content (AvgIpc) is 2.82. The van der Waals surface area contributed by atoms with Crippen molar-refractivity contribution in [1.29, 1.82) is 0 Å². The molecule has 2 aromatic heterocycles. The summed E-state index contributed by atoms with van der Waals surface area (Å²) in [4.78, 5) is 26.1. The number of anilines is 1. The SMILES string of the molecule is CC(C)(C)OC(=O)N(C(=O)OC(C)(C)C)c1cc(Br)c2nncn2c1. The molecule has 9 heteroatoms. The van der Waals surface area contributed by atoms with Crippen molar-refractivity contribution in [2.75, 3.05) is 4.90 Å². The molecule has 8 nitrogen and oxygen atoms in total. The van der Waals surface area contributed by atoms with E-state index in [4.69, 9.17) is 9.47 Å². The van der Waals surface area contributed by atoms with Crippen LogP contribution in [0.15, 0.2) is 23.1 Å². The number of amides is 2. The Bertz CT molecular complexity index is 777. The van der Waals surface area contributed by atoms with E-state index in [0.717, 1.165) is 4.90 Å². The summed E-state index contributed by atoms with van der Waals surface area (Å²) >= 11 is 3.36. The molecule has 2 amide bonds. The first kappa shape index (κ1) is 19.2. The third-order valence-corrected chi connectivity index (χ3v) is 3.33. The minimum atomic E-state index is -0.832. The number of hydrogen-bond acceptors (Lipinski definition) is 6.